The van der Waals surface area contributed by atoms with Crippen molar-refractivity contribution in [2.45, 2.75) is 21.4 Å². The normalized spacial score (nSPS) is 10.2. The Morgan fingerprint density at radius 1 is 0.840 bits per heavy atom. The van der Waals surface area contributed by atoms with Crippen LogP contribution in [0, 0.1) is 0 Å². The minimum Gasteiger partial charge on any atom is -0.248 e. The molecule has 0 bridgehead atoms. The zero-order chi connectivity index (χ0) is 17.3. The van der Waals surface area contributed by atoms with Crippen LogP contribution in [0.25, 0.3) is 0 Å². The zero-order valence-electron chi connectivity index (χ0n) is 13.5. The molecule has 0 atom stereocenters. The molecule has 3 rings (SSSR count). The van der Waals surface area contributed by atoms with E-state index in [1.807, 2.05) is 30.0 Å². The Labute approximate surface area is 161 Å². The first-order chi connectivity index (χ1) is 12.3. The van der Waals surface area contributed by atoms with Crippen LogP contribution in [0.4, 0.5) is 5.69 Å². The van der Waals surface area contributed by atoms with Crippen molar-refractivity contribution in [3.63, 3.8) is 0 Å². The predicted molar refractivity (Wildman–Crippen MR) is 111 cm³/mol. The molecule has 0 radical (unpaired) electrons. The van der Waals surface area contributed by atoms with Gasteiger partial charge < -0.3 is 0 Å². The van der Waals surface area contributed by atoms with Gasteiger partial charge in [-0.2, -0.15) is 4.99 Å². The van der Waals surface area contributed by atoms with E-state index < -0.39 is 0 Å². The molecule has 2 nitrogen and oxygen atoms in total. The maximum Gasteiger partial charge on any atom is 0.0964 e. The van der Waals surface area contributed by atoms with Gasteiger partial charge in [0.05, 0.1) is 22.1 Å². The second-order valence-corrected chi connectivity index (χ2v) is 7.49. The summed E-state index contributed by atoms with van der Waals surface area (Å²) in [5, 5.41) is 3.32. The van der Waals surface area contributed by atoms with Crippen LogP contribution in [-0.2, 0) is 11.5 Å². The second kappa shape index (κ2) is 9.54. The van der Waals surface area contributed by atoms with Crippen molar-refractivity contribution in [3.8, 4) is 0 Å². The van der Waals surface area contributed by atoms with E-state index in [0.29, 0.717) is 0 Å². The number of thiocarbonyl (C=S) groups is 1. The standard InChI is InChI=1S/C20H16N2S3/c23-15-22-18-8-11-20(21-12-18)25-14-17-6-9-19(10-7-17)24-13-16-4-2-1-3-5-16/h1-12H,13-14H2. The summed E-state index contributed by atoms with van der Waals surface area (Å²) >= 11 is 8.16. The monoisotopic (exact) mass is 380 g/mol. The number of hydrogen-bond donors (Lipinski definition) is 0. The molecule has 0 saturated carbocycles. The van der Waals surface area contributed by atoms with Crippen LogP contribution in [0.3, 0.4) is 0 Å². The molecule has 25 heavy (non-hydrogen) atoms. The number of rotatable bonds is 7. The quantitative estimate of drug-likeness (QED) is 0.269. The third kappa shape index (κ3) is 5.83. The lowest BCUT2D eigenvalue weighted by Gasteiger charge is -2.05. The smallest absolute Gasteiger partial charge is 0.0964 e. The molecule has 124 valence electrons. The van der Waals surface area contributed by atoms with Crippen LogP contribution in [0.2, 0.25) is 0 Å². The topological polar surface area (TPSA) is 25.2 Å². The molecule has 0 saturated heterocycles. The van der Waals surface area contributed by atoms with Gasteiger partial charge in [0.25, 0.3) is 0 Å². The van der Waals surface area contributed by atoms with Crippen molar-refractivity contribution < 1.29 is 0 Å². The molecular weight excluding hydrogens is 364 g/mol. The van der Waals surface area contributed by atoms with Crippen LogP contribution in [0.15, 0.2) is 87.8 Å². The fourth-order valence-corrected chi connectivity index (χ4v) is 3.92. The Hall–Kier alpha value is -1.91. The van der Waals surface area contributed by atoms with Crippen molar-refractivity contribution in [1.29, 1.82) is 0 Å². The molecule has 2 aromatic carbocycles. The first-order valence-electron chi connectivity index (χ1n) is 7.76. The van der Waals surface area contributed by atoms with E-state index in [1.54, 1.807) is 18.0 Å². The summed E-state index contributed by atoms with van der Waals surface area (Å²) in [5.74, 6) is 1.89. The minimum absolute atomic E-state index is 0.735. The highest BCUT2D eigenvalue weighted by atomic mass is 32.2. The highest BCUT2D eigenvalue weighted by Gasteiger charge is 2.00. The van der Waals surface area contributed by atoms with Crippen LogP contribution < -0.4 is 0 Å². The van der Waals surface area contributed by atoms with E-state index in [0.717, 1.165) is 22.2 Å². The molecule has 3 aromatic rings. The Balaban J connectivity index is 1.51. The third-order valence-corrected chi connectivity index (χ3v) is 5.64. The molecule has 0 N–H and O–H groups in total. The van der Waals surface area contributed by atoms with Gasteiger partial charge in [0, 0.05) is 16.4 Å². The van der Waals surface area contributed by atoms with E-state index in [4.69, 9.17) is 0 Å². The van der Waals surface area contributed by atoms with Crippen LogP contribution >= 0.6 is 35.7 Å². The van der Waals surface area contributed by atoms with Gasteiger partial charge in [-0.15, -0.1) is 23.5 Å². The lowest BCUT2D eigenvalue weighted by molar-refractivity contribution is 1.13. The molecule has 0 aliphatic carbocycles. The van der Waals surface area contributed by atoms with Crippen molar-refractivity contribution in [2.24, 2.45) is 4.99 Å². The van der Waals surface area contributed by atoms with E-state index >= 15 is 0 Å². The van der Waals surface area contributed by atoms with Gasteiger partial charge >= 0.3 is 0 Å². The molecule has 0 unspecified atom stereocenters. The van der Waals surface area contributed by atoms with Gasteiger partial charge in [0.15, 0.2) is 0 Å². The van der Waals surface area contributed by atoms with E-state index in [-0.39, 0.29) is 0 Å². The summed E-state index contributed by atoms with van der Waals surface area (Å²) in [5.41, 5.74) is 3.37. The number of nitrogens with zero attached hydrogens (tertiary/aromatic N) is 2. The number of aromatic nitrogens is 1. The average Bonchev–Trinajstić information content (AvgIpc) is 2.68. The van der Waals surface area contributed by atoms with Gasteiger partial charge in [-0.1, -0.05) is 42.5 Å². The average molecular weight is 381 g/mol. The van der Waals surface area contributed by atoms with Gasteiger partial charge in [0.1, 0.15) is 0 Å². The SMILES string of the molecule is S=C=Nc1ccc(SCc2ccc(SCc3ccccc3)cc2)nc1. The molecular formula is C20H16N2S3. The second-order valence-electron chi connectivity index (χ2n) is 5.26. The summed E-state index contributed by atoms with van der Waals surface area (Å²) in [6, 6.07) is 23.1. The van der Waals surface area contributed by atoms with Crippen molar-refractivity contribution >= 4 is 46.6 Å². The Morgan fingerprint density at radius 3 is 2.24 bits per heavy atom. The number of isothiocyanates is 1. The molecule has 0 fully saturated rings. The number of aliphatic imine (C=N–C) groups is 1. The van der Waals surface area contributed by atoms with Gasteiger partial charge in [-0.05, 0) is 47.6 Å². The molecule has 0 aliphatic heterocycles. The summed E-state index contributed by atoms with van der Waals surface area (Å²) in [6.07, 6.45) is 1.71. The van der Waals surface area contributed by atoms with Crippen molar-refractivity contribution in [1.82, 2.24) is 4.98 Å². The first kappa shape index (κ1) is 17.9. The fraction of sp³-hybridized carbons (Fsp3) is 0.100. The number of pyridine rings is 1. The molecule has 0 amide bonds. The van der Waals surface area contributed by atoms with Crippen LogP contribution in [-0.4, -0.2) is 10.1 Å². The number of benzene rings is 2. The zero-order valence-corrected chi connectivity index (χ0v) is 15.9. The van der Waals surface area contributed by atoms with E-state index in [2.05, 4.69) is 75.9 Å². The maximum atomic E-state index is 4.59. The lowest BCUT2D eigenvalue weighted by Crippen LogP contribution is -1.84. The van der Waals surface area contributed by atoms with Crippen molar-refractivity contribution in [2.75, 3.05) is 0 Å². The summed E-state index contributed by atoms with van der Waals surface area (Å²) in [6.45, 7) is 0. The fourth-order valence-electron chi connectivity index (χ4n) is 2.16. The first-order valence-corrected chi connectivity index (χ1v) is 10.1. The van der Waals surface area contributed by atoms with Gasteiger partial charge in [-0.3, -0.25) is 0 Å². The number of thioether (sulfide) groups is 2. The van der Waals surface area contributed by atoms with Gasteiger partial charge in [0.2, 0.25) is 0 Å². The summed E-state index contributed by atoms with van der Waals surface area (Å²) in [7, 11) is 0. The molecule has 0 aliphatic rings. The summed E-state index contributed by atoms with van der Waals surface area (Å²) < 4.78 is 0. The van der Waals surface area contributed by atoms with E-state index in [9.17, 15) is 0 Å². The minimum atomic E-state index is 0.735. The molecule has 0 spiro atoms. The van der Waals surface area contributed by atoms with Crippen LogP contribution in [0.5, 0.6) is 0 Å². The van der Waals surface area contributed by atoms with Crippen LogP contribution in [0.1, 0.15) is 11.1 Å². The highest BCUT2D eigenvalue weighted by molar-refractivity contribution is 7.98. The third-order valence-electron chi connectivity index (χ3n) is 3.45. The Bertz CT molecular complexity index is 840. The Kier molecular flexibility index (Phi) is 6.83. The molecule has 5 heteroatoms. The number of hydrogen-bond acceptors (Lipinski definition) is 5. The maximum absolute atomic E-state index is 4.59. The molecule has 1 aromatic heterocycles. The molecule has 1 heterocycles. The Morgan fingerprint density at radius 2 is 1.56 bits per heavy atom. The lowest BCUT2D eigenvalue weighted by atomic mass is 10.2. The predicted octanol–water partition coefficient (Wildman–Crippen LogP) is 6.40. The van der Waals surface area contributed by atoms with E-state index in [1.165, 1.54) is 16.0 Å². The van der Waals surface area contributed by atoms with Crippen molar-refractivity contribution in [3.05, 3.63) is 84.1 Å². The summed E-state index contributed by atoms with van der Waals surface area (Å²) in [4.78, 5) is 9.57. The largest absolute Gasteiger partial charge is 0.248 e. The highest BCUT2D eigenvalue weighted by Crippen LogP contribution is 2.26. The van der Waals surface area contributed by atoms with Gasteiger partial charge in [-0.25, -0.2) is 4.98 Å².